The second-order valence-corrected chi connectivity index (χ2v) is 7.66. The molecule has 0 saturated heterocycles. The maximum atomic E-state index is 12.7. The summed E-state index contributed by atoms with van der Waals surface area (Å²) in [5.74, 6) is 0.315. The highest BCUT2D eigenvalue weighted by Crippen LogP contribution is 2.30. The van der Waals surface area contributed by atoms with Crippen LogP contribution < -0.4 is 10.7 Å². The lowest BCUT2D eigenvalue weighted by atomic mass is 9.93. The summed E-state index contributed by atoms with van der Waals surface area (Å²) in [5.41, 5.74) is 5.97. The van der Waals surface area contributed by atoms with Crippen molar-refractivity contribution in [2.75, 3.05) is 0 Å². The first-order valence-electron chi connectivity index (χ1n) is 9.96. The van der Waals surface area contributed by atoms with Crippen molar-refractivity contribution in [3.63, 3.8) is 0 Å². The van der Waals surface area contributed by atoms with Crippen molar-refractivity contribution in [1.82, 2.24) is 15.7 Å². The minimum Gasteiger partial charge on any atom is -0.455 e. The van der Waals surface area contributed by atoms with Crippen LogP contribution in [0.25, 0.3) is 0 Å². The molecule has 158 valence electrons. The number of amides is 2. The summed E-state index contributed by atoms with van der Waals surface area (Å²) >= 11 is 5.95. The quantitative estimate of drug-likeness (QED) is 0.590. The summed E-state index contributed by atoms with van der Waals surface area (Å²) in [7, 11) is 0. The third kappa shape index (κ3) is 4.67. The Morgan fingerprint density at radius 3 is 2.81 bits per heavy atom. The van der Waals surface area contributed by atoms with E-state index in [-0.39, 0.29) is 17.6 Å². The molecule has 2 heterocycles. The molecule has 2 amide bonds. The summed E-state index contributed by atoms with van der Waals surface area (Å²) in [6.45, 7) is 2.14. The fourth-order valence-electron chi connectivity index (χ4n) is 3.56. The molecule has 1 aliphatic carbocycles. The lowest BCUT2D eigenvalue weighted by Crippen LogP contribution is -2.24. The van der Waals surface area contributed by atoms with E-state index in [1.807, 2.05) is 25.1 Å². The number of hydrogen-bond donors (Lipinski definition) is 2. The molecule has 1 aliphatic rings. The van der Waals surface area contributed by atoms with Crippen LogP contribution in [0.5, 0.6) is 0 Å². The van der Waals surface area contributed by atoms with Crippen molar-refractivity contribution >= 4 is 29.1 Å². The van der Waals surface area contributed by atoms with Crippen LogP contribution in [-0.2, 0) is 13.0 Å². The predicted molar refractivity (Wildman–Crippen MR) is 117 cm³/mol. The SMILES string of the molecule is Cc1c(C(=O)NCc2ccccn2)oc2c1/C(=N/NC(=O)c1cccc(Cl)c1)CCC2. The molecule has 0 atom stereocenters. The highest BCUT2D eigenvalue weighted by molar-refractivity contribution is 6.31. The van der Waals surface area contributed by atoms with Gasteiger partial charge in [0, 0.05) is 34.3 Å². The zero-order valence-electron chi connectivity index (χ0n) is 16.9. The highest BCUT2D eigenvalue weighted by atomic mass is 35.5. The van der Waals surface area contributed by atoms with Crippen LogP contribution >= 0.6 is 11.6 Å². The first kappa shape index (κ1) is 20.8. The molecule has 7 nitrogen and oxygen atoms in total. The number of furan rings is 1. The largest absolute Gasteiger partial charge is 0.455 e. The molecule has 0 bridgehead atoms. The number of pyridine rings is 1. The molecule has 2 aromatic heterocycles. The number of hydrogen-bond acceptors (Lipinski definition) is 5. The number of carbonyl (C=O) groups is 2. The Kier molecular flexibility index (Phi) is 6.13. The summed E-state index contributed by atoms with van der Waals surface area (Å²) < 4.78 is 5.88. The molecule has 31 heavy (non-hydrogen) atoms. The Hall–Kier alpha value is -3.45. The highest BCUT2D eigenvalue weighted by Gasteiger charge is 2.28. The summed E-state index contributed by atoms with van der Waals surface area (Å²) in [5, 5.41) is 7.65. The van der Waals surface area contributed by atoms with Crippen molar-refractivity contribution in [2.45, 2.75) is 32.7 Å². The number of hydrazone groups is 1. The topological polar surface area (TPSA) is 96.6 Å². The molecule has 0 radical (unpaired) electrons. The normalized spacial score (nSPS) is 14.2. The first-order chi connectivity index (χ1) is 15.0. The Morgan fingerprint density at radius 1 is 1.16 bits per heavy atom. The molecule has 2 N–H and O–H groups in total. The second-order valence-electron chi connectivity index (χ2n) is 7.22. The number of nitrogens with one attached hydrogen (secondary N) is 2. The molecule has 1 aromatic carbocycles. The van der Waals surface area contributed by atoms with Crippen molar-refractivity contribution in [1.29, 1.82) is 0 Å². The fraction of sp³-hybridized carbons (Fsp3) is 0.217. The average molecular weight is 437 g/mol. The monoisotopic (exact) mass is 436 g/mol. The van der Waals surface area contributed by atoms with E-state index in [1.165, 1.54) is 0 Å². The summed E-state index contributed by atoms with van der Waals surface area (Å²) in [6.07, 6.45) is 3.89. The van der Waals surface area contributed by atoms with Gasteiger partial charge in [0.15, 0.2) is 5.76 Å². The standard InChI is InChI=1S/C23H21ClN4O3/c1-14-20-18(27-28-22(29)15-6-4-7-16(24)12-15)9-5-10-19(20)31-21(14)23(30)26-13-17-8-2-3-11-25-17/h2-4,6-8,11-12H,5,9-10,13H2,1H3,(H,26,30)(H,28,29)/b27-18+. The number of aryl methyl sites for hydroxylation is 1. The van der Waals surface area contributed by atoms with E-state index in [2.05, 4.69) is 20.8 Å². The van der Waals surface area contributed by atoms with Gasteiger partial charge in [0.2, 0.25) is 0 Å². The Balaban J connectivity index is 1.51. The van der Waals surface area contributed by atoms with Crippen LogP contribution in [0.3, 0.4) is 0 Å². The first-order valence-corrected chi connectivity index (χ1v) is 10.3. The lowest BCUT2D eigenvalue weighted by molar-refractivity contribution is 0.0918. The van der Waals surface area contributed by atoms with Gasteiger partial charge in [-0.2, -0.15) is 5.10 Å². The van der Waals surface area contributed by atoms with Crippen molar-refractivity contribution in [2.24, 2.45) is 5.10 Å². The molecule has 8 heteroatoms. The van der Waals surface area contributed by atoms with Crippen LogP contribution in [-0.4, -0.2) is 22.5 Å². The third-order valence-electron chi connectivity index (χ3n) is 5.07. The van der Waals surface area contributed by atoms with E-state index in [9.17, 15) is 9.59 Å². The molecule has 0 aliphatic heterocycles. The maximum Gasteiger partial charge on any atom is 0.287 e. The average Bonchev–Trinajstić information content (AvgIpc) is 3.13. The zero-order chi connectivity index (χ0) is 21.8. The van der Waals surface area contributed by atoms with Gasteiger partial charge in [-0.05, 0) is 50.1 Å². The smallest absolute Gasteiger partial charge is 0.287 e. The Morgan fingerprint density at radius 2 is 2.03 bits per heavy atom. The van der Waals surface area contributed by atoms with Gasteiger partial charge in [-0.1, -0.05) is 23.7 Å². The zero-order valence-corrected chi connectivity index (χ0v) is 17.7. The second kappa shape index (κ2) is 9.14. The minimum absolute atomic E-state index is 0.261. The molecule has 0 spiro atoms. The van der Waals surface area contributed by atoms with Gasteiger partial charge in [-0.25, -0.2) is 5.43 Å². The Bertz CT molecular complexity index is 1150. The van der Waals surface area contributed by atoms with Crippen LogP contribution in [0.2, 0.25) is 5.02 Å². The van der Waals surface area contributed by atoms with Gasteiger partial charge in [-0.3, -0.25) is 14.6 Å². The number of aromatic nitrogens is 1. The molecular formula is C23H21ClN4O3. The van der Waals surface area contributed by atoms with Crippen molar-refractivity contribution in [3.8, 4) is 0 Å². The predicted octanol–water partition coefficient (Wildman–Crippen LogP) is 4.04. The van der Waals surface area contributed by atoms with E-state index in [0.717, 1.165) is 17.7 Å². The third-order valence-corrected chi connectivity index (χ3v) is 5.30. The molecule has 0 fully saturated rings. The Labute approximate surface area is 184 Å². The van der Waals surface area contributed by atoms with Gasteiger partial charge >= 0.3 is 0 Å². The minimum atomic E-state index is -0.350. The molecule has 3 aromatic rings. The van der Waals surface area contributed by atoms with E-state index in [4.69, 9.17) is 16.0 Å². The van der Waals surface area contributed by atoms with E-state index in [1.54, 1.807) is 30.5 Å². The van der Waals surface area contributed by atoms with Gasteiger partial charge in [0.05, 0.1) is 18.0 Å². The van der Waals surface area contributed by atoms with Crippen LogP contribution in [0, 0.1) is 6.92 Å². The number of nitrogens with zero attached hydrogens (tertiary/aromatic N) is 2. The number of halogens is 1. The molecular weight excluding hydrogens is 416 g/mol. The molecule has 0 saturated carbocycles. The number of benzene rings is 1. The van der Waals surface area contributed by atoms with Gasteiger partial charge < -0.3 is 9.73 Å². The van der Waals surface area contributed by atoms with Crippen LogP contribution in [0.4, 0.5) is 0 Å². The van der Waals surface area contributed by atoms with Crippen LogP contribution in [0.1, 0.15) is 56.3 Å². The van der Waals surface area contributed by atoms with Gasteiger partial charge in [0.25, 0.3) is 11.8 Å². The summed E-state index contributed by atoms with van der Waals surface area (Å²) in [6, 6.07) is 12.2. The summed E-state index contributed by atoms with van der Waals surface area (Å²) in [4.78, 5) is 29.3. The molecule has 4 rings (SSSR count). The van der Waals surface area contributed by atoms with E-state index in [0.29, 0.717) is 47.0 Å². The number of fused-ring (bicyclic) bond motifs is 1. The number of rotatable bonds is 5. The van der Waals surface area contributed by atoms with Crippen molar-refractivity contribution in [3.05, 3.63) is 87.6 Å². The van der Waals surface area contributed by atoms with Gasteiger partial charge in [0.1, 0.15) is 5.76 Å². The van der Waals surface area contributed by atoms with Gasteiger partial charge in [-0.15, -0.1) is 0 Å². The molecule has 0 unspecified atom stereocenters. The maximum absolute atomic E-state index is 12.7. The van der Waals surface area contributed by atoms with Crippen LogP contribution in [0.15, 0.2) is 58.2 Å². The lowest BCUT2D eigenvalue weighted by Gasteiger charge is -2.13. The van der Waals surface area contributed by atoms with Crippen molar-refractivity contribution < 1.29 is 14.0 Å². The fourth-order valence-corrected chi connectivity index (χ4v) is 3.75. The van der Waals surface area contributed by atoms with E-state index >= 15 is 0 Å². The number of carbonyl (C=O) groups excluding carboxylic acids is 2. The van der Waals surface area contributed by atoms with E-state index < -0.39 is 0 Å².